The zero-order valence-electron chi connectivity index (χ0n) is 11.0. The molecular formula is C12H20N4O2. The molecule has 0 aromatic carbocycles. The van der Waals surface area contributed by atoms with Gasteiger partial charge in [-0.15, -0.1) is 0 Å². The van der Waals surface area contributed by atoms with Gasteiger partial charge in [0.2, 0.25) is 11.8 Å². The second-order valence-corrected chi connectivity index (χ2v) is 4.78. The van der Waals surface area contributed by atoms with Gasteiger partial charge in [-0.05, 0) is 32.7 Å². The van der Waals surface area contributed by atoms with Crippen molar-refractivity contribution in [2.45, 2.75) is 51.6 Å². The van der Waals surface area contributed by atoms with Crippen molar-refractivity contribution < 1.29 is 9.32 Å². The lowest BCUT2D eigenvalue weighted by molar-refractivity contribution is -0.127. The molecule has 1 saturated heterocycles. The van der Waals surface area contributed by atoms with Crippen LogP contribution in [0.3, 0.4) is 0 Å². The topological polar surface area (TPSA) is 80.1 Å². The Morgan fingerprint density at radius 3 is 3.00 bits per heavy atom. The summed E-state index contributed by atoms with van der Waals surface area (Å²) in [6.07, 6.45) is 3.80. The normalized spacial score (nSPS) is 23.2. The van der Waals surface area contributed by atoms with Gasteiger partial charge in [0.05, 0.1) is 12.1 Å². The lowest BCUT2D eigenvalue weighted by atomic mass is 9.91. The molecule has 2 heterocycles. The number of aromatic nitrogens is 2. The van der Waals surface area contributed by atoms with Gasteiger partial charge >= 0.3 is 0 Å². The lowest BCUT2D eigenvalue weighted by Gasteiger charge is -2.27. The third-order valence-corrected chi connectivity index (χ3v) is 3.32. The van der Waals surface area contributed by atoms with E-state index in [2.05, 4.69) is 27.7 Å². The molecule has 0 saturated carbocycles. The van der Waals surface area contributed by atoms with E-state index in [1.165, 1.54) is 0 Å². The van der Waals surface area contributed by atoms with Crippen molar-refractivity contribution in [2.24, 2.45) is 0 Å². The first-order valence-corrected chi connectivity index (χ1v) is 6.49. The second kappa shape index (κ2) is 5.48. The quantitative estimate of drug-likeness (QED) is 0.814. The van der Waals surface area contributed by atoms with Gasteiger partial charge in [-0.3, -0.25) is 4.79 Å². The number of aryl methyl sites for hydroxylation is 1. The molecule has 0 radical (unpaired) electrons. The predicted molar refractivity (Wildman–Crippen MR) is 65.8 cm³/mol. The van der Waals surface area contributed by atoms with Crippen molar-refractivity contribution in [3.63, 3.8) is 0 Å². The van der Waals surface area contributed by atoms with Gasteiger partial charge in [-0.25, -0.2) is 0 Å². The van der Waals surface area contributed by atoms with Crippen molar-refractivity contribution in [3.05, 3.63) is 11.7 Å². The maximum Gasteiger partial charge on any atom is 0.246 e. The molecule has 0 bridgehead atoms. The minimum absolute atomic E-state index is 0.0395. The van der Waals surface area contributed by atoms with Gasteiger partial charge in [0.25, 0.3) is 0 Å². The van der Waals surface area contributed by atoms with Crippen molar-refractivity contribution in [2.75, 3.05) is 6.54 Å². The highest BCUT2D eigenvalue weighted by Gasteiger charge is 2.39. The number of hydrogen-bond acceptors (Lipinski definition) is 5. The molecule has 1 aliphatic heterocycles. The van der Waals surface area contributed by atoms with Gasteiger partial charge < -0.3 is 15.2 Å². The molecule has 2 rings (SSSR count). The molecule has 1 aliphatic rings. The largest absolute Gasteiger partial charge is 0.345 e. The highest BCUT2D eigenvalue weighted by molar-refractivity contribution is 5.86. The third kappa shape index (κ3) is 2.69. The number of nitrogens with zero attached hydrogens (tertiary/aromatic N) is 2. The molecule has 1 fully saturated rings. The fraction of sp³-hybridized carbons (Fsp3) is 0.750. The van der Waals surface area contributed by atoms with Gasteiger partial charge in [0.1, 0.15) is 0 Å². The smallest absolute Gasteiger partial charge is 0.246 e. The van der Waals surface area contributed by atoms with E-state index in [0.29, 0.717) is 18.3 Å². The summed E-state index contributed by atoms with van der Waals surface area (Å²) in [6.45, 7) is 5.06. The molecule has 0 aliphatic carbocycles. The molecule has 2 N–H and O–H groups in total. The Morgan fingerprint density at radius 2 is 2.44 bits per heavy atom. The highest BCUT2D eigenvalue weighted by atomic mass is 16.5. The summed E-state index contributed by atoms with van der Waals surface area (Å²) in [7, 11) is 0. The first kappa shape index (κ1) is 13.0. The van der Waals surface area contributed by atoms with Crippen LogP contribution in [0, 0.1) is 6.92 Å². The number of carbonyl (C=O) groups is 1. The minimum atomic E-state index is -0.399. The highest BCUT2D eigenvalue weighted by Crippen LogP contribution is 2.24. The van der Waals surface area contributed by atoms with E-state index < -0.39 is 5.54 Å². The second-order valence-electron chi connectivity index (χ2n) is 4.78. The summed E-state index contributed by atoms with van der Waals surface area (Å²) in [5.41, 5.74) is -0.399. The SMILES string of the molecule is CCCC1(C(=O)NCc2nc(C)no2)CCCN1. The maximum atomic E-state index is 12.3. The maximum absolute atomic E-state index is 12.3. The fourth-order valence-corrected chi connectivity index (χ4v) is 2.49. The summed E-state index contributed by atoms with van der Waals surface area (Å²) in [6, 6.07) is 0. The van der Waals surface area contributed by atoms with Gasteiger partial charge in [0, 0.05) is 0 Å². The van der Waals surface area contributed by atoms with Gasteiger partial charge in [0.15, 0.2) is 5.82 Å². The van der Waals surface area contributed by atoms with E-state index >= 15 is 0 Å². The van der Waals surface area contributed by atoms with Crippen LogP contribution < -0.4 is 10.6 Å². The molecule has 18 heavy (non-hydrogen) atoms. The monoisotopic (exact) mass is 252 g/mol. The van der Waals surface area contributed by atoms with E-state index in [-0.39, 0.29) is 5.91 Å². The summed E-state index contributed by atoms with van der Waals surface area (Å²) in [5.74, 6) is 1.07. The Labute approximate surface area is 107 Å². The summed E-state index contributed by atoms with van der Waals surface area (Å²) in [4.78, 5) is 16.3. The predicted octanol–water partition coefficient (Wildman–Crippen LogP) is 0.917. The molecule has 100 valence electrons. The van der Waals surface area contributed by atoms with Gasteiger partial charge in [-0.2, -0.15) is 4.98 Å². The van der Waals surface area contributed by atoms with Crippen LogP contribution in [-0.2, 0) is 11.3 Å². The van der Waals surface area contributed by atoms with Crippen LogP contribution in [0.25, 0.3) is 0 Å². The molecule has 1 aromatic heterocycles. The standard InChI is InChI=1S/C12H20N4O2/c1-3-5-12(6-4-7-14-12)11(17)13-8-10-15-9(2)16-18-10/h14H,3-8H2,1-2H3,(H,13,17). The number of carbonyl (C=O) groups excluding carboxylic acids is 1. The number of rotatable bonds is 5. The van der Waals surface area contributed by atoms with E-state index in [0.717, 1.165) is 32.2 Å². The van der Waals surface area contributed by atoms with Gasteiger partial charge in [-0.1, -0.05) is 18.5 Å². The van der Waals surface area contributed by atoms with Crippen LogP contribution >= 0.6 is 0 Å². The van der Waals surface area contributed by atoms with Crippen LogP contribution in [-0.4, -0.2) is 28.1 Å². The summed E-state index contributed by atoms with van der Waals surface area (Å²) in [5, 5.41) is 9.91. The zero-order chi connectivity index (χ0) is 13.0. The first-order valence-electron chi connectivity index (χ1n) is 6.49. The Hall–Kier alpha value is -1.43. The minimum Gasteiger partial charge on any atom is -0.345 e. The number of hydrogen-bond donors (Lipinski definition) is 2. The van der Waals surface area contributed by atoms with Crippen molar-refractivity contribution in [1.82, 2.24) is 20.8 Å². The Morgan fingerprint density at radius 1 is 1.61 bits per heavy atom. The molecule has 1 aromatic rings. The lowest BCUT2D eigenvalue weighted by Crippen LogP contribution is -2.53. The van der Waals surface area contributed by atoms with Crippen LogP contribution in [0.15, 0.2) is 4.52 Å². The third-order valence-electron chi connectivity index (χ3n) is 3.32. The molecule has 1 amide bonds. The van der Waals surface area contributed by atoms with Crippen molar-refractivity contribution in [1.29, 1.82) is 0 Å². The molecule has 6 heteroatoms. The van der Waals surface area contributed by atoms with Crippen LogP contribution in [0.5, 0.6) is 0 Å². The Bertz CT molecular complexity index is 410. The molecular weight excluding hydrogens is 232 g/mol. The van der Waals surface area contributed by atoms with Crippen LogP contribution in [0.2, 0.25) is 0 Å². The Kier molecular flexibility index (Phi) is 3.96. The fourth-order valence-electron chi connectivity index (χ4n) is 2.49. The van der Waals surface area contributed by atoms with E-state index in [9.17, 15) is 4.79 Å². The van der Waals surface area contributed by atoms with Crippen LogP contribution in [0.4, 0.5) is 0 Å². The number of amides is 1. The summed E-state index contributed by atoms with van der Waals surface area (Å²) < 4.78 is 4.97. The zero-order valence-corrected chi connectivity index (χ0v) is 11.0. The van der Waals surface area contributed by atoms with Crippen molar-refractivity contribution in [3.8, 4) is 0 Å². The molecule has 1 unspecified atom stereocenters. The number of nitrogens with one attached hydrogen (secondary N) is 2. The van der Waals surface area contributed by atoms with E-state index in [4.69, 9.17) is 4.52 Å². The average molecular weight is 252 g/mol. The van der Waals surface area contributed by atoms with E-state index in [1.54, 1.807) is 6.92 Å². The summed E-state index contributed by atoms with van der Waals surface area (Å²) >= 11 is 0. The molecule has 0 spiro atoms. The Balaban J connectivity index is 1.93. The van der Waals surface area contributed by atoms with E-state index in [1.807, 2.05) is 0 Å². The molecule has 1 atom stereocenters. The molecule has 6 nitrogen and oxygen atoms in total. The van der Waals surface area contributed by atoms with Crippen LogP contribution in [0.1, 0.15) is 44.3 Å². The average Bonchev–Trinajstić information content (AvgIpc) is 2.97. The first-order chi connectivity index (χ1) is 8.66. The van der Waals surface area contributed by atoms with Crippen molar-refractivity contribution >= 4 is 5.91 Å².